The highest BCUT2D eigenvalue weighted by Gasteiger charge is 2.52. The normalized spacial score (nSPS) is 20.3. The highest BCUT2D eigenvalue weighted by molar-refractivity contribution is 6.02. The summed E-state index contributed by atoms with van der Waals surface area (Å²) in [5.41, 5.74) is -5.15. The third-order valence-electron chi connectivity index (χ3n) is 6.52. The van der Waals surface area contributed by atoms with Crippen molar-refractivity contribution in [1.29, 1.82) is 0 Å². The fourth-order valence-corrected chi connectivity index (χ4v) is 4.52. The number of furan rings is 1. The first-order valence-corrected chi connectivity index (χ1v) is 10.7. The number of carbonyl (C=O) groups is 2. The molecule has 1 aliphatic heterocycles. The quantitative estimate of drug-likeness (QED) is 0.457. The Morgan fingerprint density at radius 2 is 1.61 bits per heavy atom. The van der Waals surface area contributed by atoms with E-state index in [1.54, 1.807) is 18.2 Å². The third-order valence-corrected chi connectivity index (χ3v) is 6.52. The molecular weight excluding hydrogens is 490 g/mol. The fourth-order valence-electron chi connectivity index (χ4n) is 4.52. The fraction of sp³-hybridized carbons (Fsp3) is 0.280. The first-order chi connectivity index (χ1) is 16.7. The molecule has 0 radical (unpaired) electrons. The van der Waals surface area contributed by atoms with Gasteiger partial charge in [-0.25, -0.2) is 0 Å². The standard InChI is InChI=1S/C25H20F6N2O3/c1-23(14-10-15(24(26,27)28)12-16(11-14)25(29,30)31)20(21(34)32-13-17-6-5-9-36-17)18-7-3-4-8-19(18)22(35)33(23)2/h3-12,20H,13H2,1-2H3,(H,32,34). The molecule has 1 aliphatic rings. The summed E-state index contributed by atoms with van der Waals surface area (Å²) in [7, 11) is 1.25. The van der Waals surface area contributed by atoms with Gasteiger partial charge in [0.25, 0.3) is 5.91 Å². The van der Waals surface area contributed by atoms with Crippen molar-refractivity contribution >= 4 is 11.8 Å². The smallest absolute Gasteiger partial charge is 0.416 e. The van der Waals surface area contributed by atoms with Crippen LogP contribution in [0.25, 0.3) is 0 Å². The van der Waals surface area contributed by atoms with Crippen molar-refractivity contribution in [2.24, 2.45) is 0 Å². The Morgan fingerprint density at radius 3 is 2.17 bits per heavy atom. The number of nitrogens with one attached hydrogen (secondary N) is 1. The van der Waals surface area contributed by atoms with E-state index in [9.17, 15) is 35.9 Å². The number of hydrogen-bond donors (Lipinski definition) is 1. The molecule has 0 spiro atoms. The maximum absolute atomic E-state index is 13.6. The first kappa shape index (κ1) is 25.3. The second-order valence-electron chi connectivity index (χ2n) is 8.62. The Morgan fingerprint density at radius 1 is 1.00 bits per heavy atom. The summed E-state index contributed by atoms with van der Waals surface area (Å²) in [5.74, 6) is -2.30. The molecule has 1 aromatic heterocycles. The number of benzene rings is 2. The van der Waals surface area contributed by atoms with Crippen LogP contribution in [0, 0.1) is 0 Å². The number of amides is 2. The first-order valence-electron chi connectivity index (χ1n) is 10.7. The van der Waals surface area contributed by atoms with Crippen LogP contribution in [-0.4, -0.2) is 23.8 Å². The zero-order valence-electron chi connectivity index (χ0n) is 19.0. The topological polar surface area (TPSA) is 62.6 Å². The van der Waals surface area contributed by atoms with E-state index in [4.69, 9.17) is 4.42 Å². The van der Waals surface area contributed by atoms with Gasteiger partial charge in [0.2, 0.25) is 5.91 Å². The van der Waals surface area contributed by atoms with Crippen molar-refractivity contribution in [2.75, 3.05) is 7.05 Å². The molecule has 2 aromatic carbocycles. The molecule has 190 valence electrons. The van der Waals surface area contributed by atoms with Gasteiger partial charge in [0, 0.05) is 12.6 Å². The minimum atomic E-state index is -5.10. The average molecular weight is 510 g/mol. The van der Waals surface area contributed by atoms with E-state index >= 15 is 0 Å². The molecule has 0 saturated heterocycles. The molecule has 1 N–H and O–H groups in total. The largest absolute Gasteiger partial charge is 0.467 e. The number of rotatable bonds is 4. The van der Waals surface area contributed by atoms with Crippen LogP contribution in [0.4, 0.5) is 26.3 Å². The molecule has 11 heteroatoms. The Labute approximate surface area is 201 Å². The third kappa shape index (κ3) is 4.33. The molecule has 2 unspecified atom stereocenters. The SMILES string of the molecule is CN1C(=O)c2ccccc2C(C(=O)NCc2ccco2)C1(C)c1cc(C(F)(F)F)cc(C(F)(F)F)c1. The number of hydrogen-bond acceptors (Lipinski definition) is 3. The second-order valence-corrected chi connectivity index (χ2v) is 8.62. The van der Waals surface area contributed by atoms with Gasteiger partial charge in [0.05, 0.1) is 35.4 Å². The van der Waals surface area contributed by atoms with Crippen LogP contribution in [0.15, 0.2) is 65.3 Å². The van der Waals surface area contributed by atoms with Crippen molar-refractivity contribution in [3.63, 3.8) is 0 Å². The van der Waals surface area contributed by atoms with Gasteiger partial charge in [-0.1, -0.05) is 18.2 Å². The summed E-state index contributed by atoms with van der Waals surface area (Å²) in [6.45, 7) is 1.21. The van der Waals surface area contributed by atoms with Gasteiger partial charge in [0.15, 0.2) is 0 Å². The molecular formula is C25H20F6N2O3. The van der Waals surface area contributed by atoms with Gasteiger partial charge in [0.1, 0.15) is 5.76 Å². The van der Waals surface area contributed by atoms with Crippen LogP contribution in [-0.2, 0) is 29.2 Å². The van der Waals surface area contributed by atoms with Gasteiger partial charge in [-0.2, -0.15) is 26.3 Å². The monoisotopic (exact) mass is 510 g/mol. The van der Waals surface area contributed by atoms with E-state index in [0.717, 1.165) is 4.90 Å². The van der Waals surface area contributed by atoms with E-state index < -0.39 is 52.3 Å². The number of likely N-dealkylation sites (N-methyl/N-ethyl adjacent to an activating group) is 1. The predicted molar refractivity (Wildman–Crippen MR) is 116 cm³/mol. The van der Waals surface area contributed by atoms with E-state index in [-0.39, 0.29) is 23.7 Å². The van der Waals surface area contributed by atoms with Crippen LogP contribution in [0.2, 0.25) is 0 Å². The van der Waals surface area contributed by atoms with Crippen molar-refractivity contribution in [3.05, 3.63) is 94.4 Å². The maximum Gasteiger partial charge on any atom is 0.416 e. The van der Waals surface area contributed by atoms with Crippen LogP contribution in [0.5, 0.6) is 0 Å². The van der Waals surface area contributed by atoms with Gasteiger partial charge in [-0.15, -0.1) is 0 Å². The molecule has 4 rings (SSSR count). The highest BCUT2D eigenvalue weighted by Crippen LogP contribution is 2.49. The van der Waals surface area contributed by atoms with Crippen molar-refractivity contribution in [1.82, 2.24) is 10.2 Å². The van der Waals surface area contributed by atoms with Crippen molar-refractivity contribution < 1.29 is 40.3 Å². The Hall–Kier alpha value is -3.76. The number of nitrogens with zero attached hydrogens (tertiary/aromatic N) is 1. The molecule has 0 saturated carbocycles. The Balaban J connectivity index is 1.93. The number of alkyl halides is 6. The number of fused-ring (bicyclic) bond motifs is 1. The van der Waals surface area contributed by atoms with Crippen LogP contribution >= 0.6 is 0 Å². The number of halogens is 6. The van der Waals surface area contributed by atoms with E-state index in [1.807, 2.05) is 0 Å². The van der Waals surface area contributed by atoms with Crippen molar-refractivity contribution in [3.8, 4) is 0 Å². The zero-order valence-corrected chi connectivity index (χ0v) is 19.0. The van der Waals surface area contributed by atoms with E-state index in [1.165, 1.54) is 38.4 Å². The summed E-state index contributed by atoms with van der Waals surface area (Å²) in [4.78, 5) is 27.8. The predicted octanol–water partition coefficient (Wildman–Crippen LogP) is 5.72. The summed E-state index contributed by atoms with van der Waals surface area (Å²) >= 11 is 0. The molecule has 2 heterocycles. The summed E-state index contributed by atoms with van der Waals surface area (Å²) in [6, 6.07) is 10.3. The van der Waals surface area contributed by atoms with Gasteiger partial charge < -0.3 is 14.6 Å². The Bertz CT molecular complexity index is 1270. The lowest BCUT2D eigenvalue weighted by Gasteiger charge is -2.48. The van der Waals surface area contributed by atoms with Crippen LogP contribution in [0.1, 0.15) is 51.2 Å². The lowest BCUT2D eigenvalue weighted by molar-refractivity contribution is -0.143. The maximum atomic E-state index is 13.6. The minimum Gasteiger partial charge on any atom is -0.467 e. The molecule has 2 amide bonds. The molecule has 3 aromatic rings. The van der Waals surface area contributed by atoms with Gasteiger partial charge in [-0.3, -0.25) is 9.59 Å². The summed E-state index contributed by atoms with van der Waals surface area (Å²) in [5, 5.41) is 2.63. The Kier molecular flexibility index (Phi) is 6.14. The number of carbonyl (C=O) groups excluding carboxylic acids is 2. The zero-order chi connectivity index (χ0) is 26.5. The highest BCUT2D eigenvalue weighted by atomic mass is 19.4. The van der Waals surface area contributed by atoms with E-state index in [2.05, 4.69) is 5.32 Å². The molecule has 5 nitrogen and oxygen atoms in total. The molecule has 0 fully saturated rings. The molecule has 2 atom stereocenters. The molecule has 0 bridgehead atoms. The van der Waals surface area contributed by atoms with Gasteiger partial charge in [-0.05, 0) is 54.4 Å². The minimum absolute atomic E-state index is 0.0113. The summed E-state index contributed by atoms with van der Waals surface area (Å²) in [6.07, 6.45) is -8.81. The second kappa shape index (κ2) is 8.72. The van der Waals surface area contributed by atoms with Crippen molar-refractivity contribution in [2.45, 2.75) is 37.3 Å². The summed E-state index contributed by atoms with van der Waals surface area (Å²) < 4.78 is 87.0. The molecule has 36 heavy (non-hydrogen) atoms. The lowest BCUT2D eigenvalue weighted by Crippen LogP contribution is -2.56. The van der Waals surface area contributed by atoms with Crippen LogP contribution in [0.3, 0.4) is 0 Å². The average Bonchev–Trinajstić information content (AvgIpc) is 3.34. The van der Waals surface area contributed by atoms with Crippen LogP contribution < -0.4 is 5.32 Å². The molecule has 0 aliphatic carbocycles. The van der Waals surface area contributed by atoms with Gasteiger partial charge >= 0.3 is 12.4 Å². The van der Waals surface area contributed by atoms with E-state index in [0.29, 0.717) is 17.9 Å². The lowest BCUT2D eigenvalue weighted by atomic mass is 9.69.